The van der Waals surface area contributed by atoms with Gasteiger partial charge in [0.05, 0.1) is 23.3 Å². The highest BCUT2D eigenvalue weighted by Gasteiger charge is 2.16. The lowest BCUT2D eigenvalue weighted by Gasteiger charge is -2.14. The first kappa shape index (κ1) is 15.9. The number of methoxy groups -OCH3 is 1. The van der Waals surface area contributed by atoms with Gasteiger partial charge in [-0.1, -0.05) is 31.5 Å². The first-order chi connectivity index (χ1) is 10.5. The molecule has 2 aromatic heterocycles. The van der Waals surface area contributed by atoms with E-state index in [-0.39, 0.29) is 11.9 Å². The molecule has 22 heavy (non-hydrogen) atoms. The average molecular weight is 315 g/mol. The number of nitrogens with zero attached hydrogens (tertiary/aromatic N) is 3. The van der Waals surface area contributed by atoms with E-state index in [1.807, 2.05) is 19.9 Å². The molecule has 0 saturated heterocycles. The number of ether oxygens (including phenoxy) is 1. The van der Waals surface area contributed by atoms with Crippen LogP contribution in [0.25, 0.3) is 0 Å². The number of nitrogen functional groups attached to an aromatic ring is 2. The van der Waals surface area contributed by atoms with Crippen molar-refractivity contribution in [2.45, 2.75) is 29.6 Å². The quantitative estimate of drug-likeness (QED) is 0.835. The van der Waals surface area contributed by atoms with Gasteiger partial charge in [0.15, 0.2) is 0 Å². The van der Waals surface area contributed by atoms with Crippen LogP contribution in [0.2, 0.25) is 0 Å². The fourth-order valence-electron chi connectivity index (χ4n) is 1.84. The molecule has 7 heteroatoms. The van der Waals surface area contributed by atoms with Gasteiger partial charge >= 0.3 is 0 Å². The standard InChI is InChI=1S/C15H17N5OS/c1-5-9-6-10(12(8(2)3)19-14(9)21-4)22-11-7-18-15(17)20-13(11)16/h1,6-8H,2-4H3,(H4,16,17,18,20). The molecule has 2 aromatic rings. The van der Waals surface area contributed by atoms with Crippen molar-refractivity contribution in [3.8, 4) is 18.2 Å². The smallest absolute Gasteiger partial charge is 0.229 e. The molecule has 0 radical (unpaired) electrons. The Morgan fingerprint density at radius 1 is 1.27 bits per heavy atom. The Labute approximate surface area is 133 Å². The van der Waals surface area contributed by atoms with Gasteiger partial charge in [-0.3, -0.25) is 0 Å². The van der Waals surface area contributed by atoms with Crippen molar-refractivity contribution in [1.29, 1.82) is 0 Å². The van der Waals surface area contributed by atoms with Crippen molar-refractivity contribution >= 4 is 23.5 Å². The first-order valence-electron chi connectivity index (χ1n) is 6.57. The number of aromatic nitrogens is 3. The summed E-state index contributed by atoms with van der Waals surface area (Å²) in [6.07, 6.45) is 7.11. The second-order valence-corrected chi connectivity index (χ2v) is 5.89. The van der Waals surface area contributed by atoms with E-state index in [0.717, 1.165) is 10.6 Å². The summed E-state index contributed by atoms with van der Waals surface area (Å²) in [6.45, 7) is 4.09. The van der Waals surface area contributed by atoms with Crippen molar-refractivity contribution < 1.29 is 4.74 Å². The van der Waals surface area contributed by atoms with E-state index in [1.165, 1.54) is 11.8 Å². The molecule has 4 N–H and O–H groups in total. The number of anilines is 2. The Bertz CT molecular complexity index is 739. The summed E-state index contributed by atoms with van der Waals surface area (Å²) in [6, 6.07) is 1.86. The summed E-state index contributed by atoms with van der Waals surface area (Å²) < 4.78 is 5.24. The Morgan fingerprint density at radius 3 is 2.55 bits per heavy atom. The van der Waals surface area contributed by atoms with Crippen LogP contribution >= 0.6 is 11.8 Å². The van der Waals surface area contributed by atoms with Crippen LogP contribution in [0, 0.1) is 12.3 Å². The lowest BCUT2D eigenvalue weighted by atomic mass is 10.1. The molecule has 0 aliphatic carbocycles. The lowest BCUT2D eigenvalue weighted by Crippen LogP contribution is -2.03. The van der Waals surface area contributed by atoms with Crippen LogP contribution in [0.4, 0.5) is 11.8 Å². The third-order valence-corrected chi connectivity index (χ3v) is 3.98. The predicted molar refractivity (Wildman–Crippen MR) is 87.8 cm³/mol. The second kappa shape index (κ2) is 6.54. The van der Waals surface area contributed by atoms with Crippen LogP contribution in [0.1, 0.15) is 31.0 Å². The molecule has 0 fully saturated rings. The van der Waals surface area contributed by atoms with Gasteiger partial charge in [0.2, 0.25) is 11.8 Å². The molecule has 0 aromatic carbocycles. The normalized spacial score (nSPS) is 10.5. The topological polar surface area (TPSA) is 99.9 Å². The highest BCUT2D eigenvalue weighted by atomic mass is 32.2. The van der Waals surface area contributed by atoms with Gasteiger partial charge in [-0.2, -0.15) is 4.98 Å². The number of nitrogens with two attached hydrogens (primary N) is 2. The van der Waals surface area contributed by atoms with Crippen molar-refractivity contribution in [2.24, 2.45) is 0 Å². The number of hydrogen-bond acceptors (Lipinski definition) is 7. The maximum atomic E-state index is 5.88. The van der Waals surface area contributed by atoms with Gasteiger partial charge in [0, 0.05) is 11.1 Å². The number of rotatable bonds is 4. The molecule has 114 valence electrons. The van der Waals surface area contributed by atoms with E-state index >= 15 is 0 Å². The second-order valence-electron chi connectivity index (χ2n) is 4.81. The minimum Gasteiger partial charge on any atom is -0.480 e. The van der Waals surface area contributed by atoms with Crippen molar-refractivity contribution in [2.75, 3.05) is 18.6 Å². The molecule has 0 atom stereocenters. The van der Waals surface area contributed by atoms with Crippen molar-refractivity contribution in [1.82, 2.24) is 15.0 Å². The average Bonchev–Trinajstić information content (AvgIpc) is 2.49. The third kappa shape index (κ3) is 3.23. The van der Waals surface area contributed by atoms with Crippen LogP contribution in [0.15, 0.2) is 22.1 Å². The van der Waals surface area contributed by atoms with E-state index in [2.05, 4.69) is 20.9 Å². The highest BCUT2D eigenvalue weighted by molar-refractivity contribution is 7.99. The van der Waals surface area contributed by atoms with Gasteiger partial charge < -0.3 is 16.2 Å². The van der Waals surface area contributed by atoms with Crippen molar-refractivity contribution in [3.63, 3.8) is 0 Å². The minimum absolute atomic E-state index is 0.142. The van der Waals surface area contributed by atoms with Crippen LogP contribution in [0.3, 0.4) is 0 Å². The molecule has 0 aliphatic rings. The van der Waals surface area contributed by atoms with E-state index in [4.69, 9.17) is 22.6 Å². The van der Waals surface area contributed by atoms with Crippen LogP contribution in [-0.4, -0.2) is 22.1 Å². The van der Waals surface area contributed by atoms with Crippen LogP contribution in [-0.2, 0) is 0 Å². The lowest BCUT2D eigenvalue weighted by molar-refractivity contribution is 0.393. The zero-order valence-corrected chi connectivity index (χ0v) is 13.4. The monoisotopic (exact) mass is 315 g/mol. The Hall–Kier alpha value is -2.46. The van der Waals surface area contributed by atoms with Crippen molar-refractivity contribution in [3.05, 3.63) is 23.5 Å². The number of terminal acetylenes is 1. The van der Waals surface area contributed by atoms with Gasteiger partial charge in [-0.05, 0) is 12.0 Å². The number of pyridine rings is 1. The summed E-state index contributed by atoms with van der Waals surface area (Å²) in [5.41, 5.74) is 12.9. The van der Waals surface area contributed by atoms with E-state index < -0.39 is 0 Å². The fourth-order valence-corrected chi connectivity index (χ4v) is 2.90. The Balaban J connectivity index is 2.51. The van der Waals surface area contributed by atoms with E-state index in [1.54, 1.807) is 13.3 Å². The molecule has 0 spiro atoms. The van der Waals surface area contributed by atoms with E-state index in [9.17, 15) is 0 Å². The highest BCUT2D eigenvalue weighted by Crippen LogP contribution is 2.37. The zero-order chi connectivity index (χ0) is 16.3. The molecule has 6 nitrogen and oxygen atoms in total. The molecule has 0 bridgehead atoms. The summed E-state index contributed by atoms with van der Waals surface area (Å²) in [7, 11) is 1.55. The third-order valence-electron chi connectivity index (χ3n) is 2.90. The van der Waals surface area contributed by atoms with Crippen LogP contribution < -0.4 is 16.2 Å². The predicted octanol–water partition coefficient (Wildman–Crippen LogP) is 2.30. The largest absolute Gasteiger partial charge is 0.480 e. The minimum atomic E-state index is 0.142. The van der Waals surface area contributed by atoms with Gasteiger partial charge in [0.1, 0.15) is 5.82 Å². The summed E-state index contributed by atoms with van der Waals surface area (Å²) in [5, 5.41) is 0. The molecule has 0 amide bonds. The Kier molecular flexibility index (Phi) is 4.73. The maximum Gasteiger partial charge on any atom is 0.229 e. The maximum absolute atomic E-state index is 5.88. The molecular weight excluding hydrogens is 298 g/mol. The van der Waals surface area contributed by atoms with Gasteiger partial charge in [0.25, 0.3) is 0 Å². The SMILES string of the molecule is C#Cc1cc(Sc2cnc(N)nc2N)c(C(C)C)nc1OC. The zero-order valence-electron chi connectivity index (χ0n) is 12.6. The molecule has 2 rings (SSSR count). The van der Waals surface area contributed by atoms with Gasteiger partial charge in [-0.25, -0.2) is 9.97 Å². The number of hydrogen-bond donors (Lipinski definition) is 2. The molecule has 0 saturated carbocycles. The summed E-state index contributed by atoms with van der Waals surface area (Å²) in [4.78, 5) is 14.0. The van der Waals surface area contributed by atoms with Crippen LogP contribution in [0.5, 0.6) is 5.88 Å². The molecule has 2 heterocycles. The van der Waals surface area contributed by atoms with E-state index in [0.29, 0.717) is 22.2 Å². The fraction of sp³-hybridized carbons (Fsp3) is 0.267. The summed E-state index contributed by atoms with van der Waals surface area (Å²) in [5.74, 6) is 3.68. The molecule has 0 unspecified atom stereocenters. The molecule has 0 aliphatic heterocycles. The van der Waals surface area contributed by atoms with Gasteiger partial charge in [-0.15, -0.1) is 6.42 Å². The molecular formula is C15H17N5OS. The Morgan fingerprint density at radius 2 is 2.00 bits per heavy atom. The first-order valence-corrected chi connectivity index (χ1v) is 7.39. The summed E-state index contributed by atoms with van der Waals surface area (Å²) >= 11 is 1.41.